The second kappa shape index (κ2) is 8.21. The van der Waals surface area contributed by atoms with Gasteiger partial charge in [-0.25, -0.2) is 13.4 Å². The predicted molar refractivity (Wildman–Crippen MR) is 122 cm³/mol. The third kappa shape index (κ3) is 4.56. The molecule has 1 atom stereocenters. The summed E-state index contributed by atoms with van der Waals surface area (Å²) in [5.74, 6) is 0.532. The van der Waals surface area contributed by atoms with E-state index in [1.807, 2.05) is 43.3 Å². The summed E-state index contributed by atoms with van der Waals surface area (Å²) in [6.07, 6.45) is 4.93. The Morgan fingerprint density at radius 2 is 1.84 bits per heavy atom. The number of nitrogens with zero attached hydrogens (tertiary/aromatic N) is 4. The Morgan fingerprint density at radius 3 is 2.50 bits per heavy atom. The number of imidazole rings is 1. The van der Waals surface area contributed by atoms with Crippen molar-refractivity contribution in [3.05, 3.63) is 72.5 Å². The van der Waals surface area contributed by atoms with Gasteiger partial charge < -0.3 is 15.1 Å². The van der Waals surface area contributed by atoms with Gasteiger partial charge in [-0.15, -0.1) is 10.2 Å². The Bertz CT molecular complexity index is 1310. The van der Waals surface area contributed by atoms with Crippen molar-refractivity contribution in [3.8, 4) is 22.7 Å². The molecule has 10 heteroatoms. The maximum absolute atomic E-state index is 12.1. The van der Waals surface area contributed by atoms with E-state index in [2.05, 4.69) is 20.2 Å². The topological polar surface area (TPSA) is 131 Å². The van der Waals surface area contributed by atoms with Gasteiger partial charge in [0.05, 0.1) is 29.5 Å². The fourth-order valence-corrected chi connectivity index (χ4v) is 3.83. The molecular formula is C22H24N6O3S. The molecule has 0 fully saturated rings. The number of benzene rings is 2. The third-order valence-corrected chi connectivity index (χ3v) is 6.35. The van der Waals surface area contributed by atoms with Crippen LogP contribution >= 0.6 is 0 Å². The normalized spacial score (nSPS) is 13.6. The van der Waals surface area contributed by atoms with Crippen LogP contribution in [-0.2, 0) is 22.0 Å². The minimum atomic E-state index is -3.47. The van der Waals surface area contributed by atoms with Crippen molar-refractivity contribution in [2.24, 2.45) is 5.73 Å². The Morgan fingerprint density at radius 1 is 1.12 bits per heavy atom. The fraction of sp³-hybridized carbons (Fsp3) is 0.227. The lowest BCUT2D eigenvalue weighted by Crippen LogP contribution is -2.35. The summed E-state index contributed by atoms with van der Waals surface area (Å²) in [6.45, 7) is 1.83. The van der Waals surface area contributed by atoms with E-state index in [9.17, 15) is 8.42 Å². The molecule has 0 spiro atoms. The standard InChI is InChI=1S/C22H24N6O3S/c1-22(23,12-15-7-5-4-6-8-15)21-27-26-20(31-21)17-9-16(19-13-24-14-25-19)10-18(11-17)28(2)32(3,29)30/h4-11,13-14H,12,23H2,1-3H3,(H,24,25)/t22-/m0/s1. The molecule has 4 aromatic rings. The molecule has 2 aromatic carbocycles. The molecule has 0 aliphatic heterocycles. The van der Waals surface area contributed by atoms with Crippen LogP contribution in [0.15, 0.2) is 65.5 Å². The van der Waals surface area contributed by atoms with Gasteiger partial charge in [0.1, 0.15) is 0 Å². The SMILES string of the molecule is CN(c1cc(-c2c[nH]cn2)cc(-c2nnc([C@@](C)(N)Cc3ccccc3)o2)c1)S(C)(=O)=O. The van der Waals surface area contributed by atoms with E-state index >= 15 is 0 Å². The van der Waals surface area contributed by atoms with Gasteiger partial charge in [0.2, 0.25) is 21.8 Å². The molecule has 0 unspecified atom stereocenters. The zero-order chi connectivity index (χ0) is 22.9. The average Bonchev–Trinajstić information content (AvgIpc) is 3.45. The number of anilines is 1. The van der Waals surface area contributed by atoms with Crippen LogP contribution in [0.2, 0.25) is 0 Å². The second-order valence-corrected chi connectivity index (χ2v) is 9.96. The number of hydrogen-bond acceptors (Lipinski definition) is 7. The van der Waals surface area contributed by atoms with E-state index in [1.54, 1.807) is 24.7 Å². The average molecular weight is 453 g/mol. The van der Waals surface area contributed by atoms with Crippen molar-refractivity contribution in [1.82, 2.24) is 20.2 Å². The largest absolute Gasteiger partial charge is 0.419 e. The first-order valence-electron chi connectivity index (χ1n) is 9.89. The van der Waals surface area contributed by atoms with E-state index in [-0.39, 0.29) is 5.89 Å². The van der Waals surface area contributed by atoms with E-state index < -0.39 is 15.6 Å². The van der Waals surface area contributed by atoms with Gasteiger partial charge in [0.15, 0.2) is 0 Å². The van der Waals surface area contributed by atoms with Crippen LogP contribution in [0.1, 0.15) is 18.4 Å². The molecule has 0 radical (unpaired) electrons. The number of aromatic nitrogens is 4. The number of rotatable bonds is 7. The van der Waals surface area contributed by atoms with Crippen molar-refractivity contribution in [2.75, 3.05) is 17.6 Å². The minimum Gasteiger partial charge on any atom is -0.419 e. The van der Waals surface area contributed by atoms with Gasteiger partial charge >= 0.3 is 0 Å². The first-order chi connectivity index (χ1) is 15.1. The molecule has 2 heterocycles. The molecule has 0 amide bonds. The van der Waals surface area contributed by atoms with Crippen molar-refractivity contribution >= 4 is 15.7 Å². The molecule has 0 saturated carbocycles. The monoisotopic (exact) mass is 452 g/mol. The summed E-state index contributed by atoms with van der Waals surface area (Å²) in [6, 6.07) is 15.1. The molecule has 9 nitrogen and oxygen atoms in total. The van der Waals surface area contributed by atoms with Crippen LogP contribution in [-0.4, -0.2) is 41.9 Å². The second-order valence-electron chi connectivity index (χ2n) is 7.95. The Balaban J connectivity index is 1.73. The molecule has 4 rings (SSSR count). The summed E-state index contributed by atoms with van der Waals surface area (Å²) in [7, 11) is -1.99. The fourth-order valence-electron chi connectivity index (χ4n) is 3.34. The Hall–Kier alpha value is -3.50. The minimum absolute atomic E-state index is 0.241. The van der Waals surface area contributed by atoms with Gasteiger partial charge in [0, 0.05) is 24.4 Å². The van der Waals surface area contributed by atoms with Gasteiger partial charge in [-0.2, -0.15) is 0 Å². The molecule has 2 aromatic heterocycles. The zero-order valence-electron chi connectivity index (χ0n) is 18.0. The van der Waals surface area contributed by atoms with Crippen molar-refractivity contribution in [2.45, 2.75) is 18.9 Å². The highest BCUT2D eigenvalue weighted by atomic mass is 32.2. The number of aromatic amines is 1. The van der Waals surface area contributed by atoms with Crippen LogP contribution in [0.3, 0.4) is 0 Å². The summed E-state index contributed by atoms with van der Waals surface area (Å²) < 4.78 is 31.4. The number of hydrogen-bond donors (Lipinski definition) is 2. The van der Waals surface area contributed by atoms with Crippen molar-refractivity contribution in [3.63, 3.8) is 0 Å². The molecule has 0 saturated heterocycles. The lowest BCUT2D eigenvalue weighted by Gasteiger charge is -2.20. The van der Waals surface area contributed by atoms with Crippen LogP contribution in [0.4, 0.5) is 5.69 Å². The van der Waals surface area contributed by atoms with Crippen molar-refractivity contribution in [1.29, 1.82) is 0 Å². The number of nitrogens with two attached hydrogens (primary N) is 1. The summed E-state index contributed by atoms with van der Waals surface area (Å²) in [5.41, 5.74) is 9.05. The maximum atomic E-state index is 12.1. The number of nitrogens with one attached hydrogen (secondary N) is 1. The van der Waals surface area contributed by atoms with E-state index in [1.165, 1.54) is 11.4 Å². The molecule has 32 heavy (non-hydrogen) atoms. The summed E-state index contributed by atoms with van der Waals surface area (Å²) >= 11 is 0. The first-order valence-corrected chi connectivity index (χ1v) is 11.7. The number of sulfonamides is 1. The quantitative estimate of drug-likeness (QED) is 0.441. The predicted octanol–water partition coefficient (Wildman–Crippen LogP) is 2.94. The smallest absolute Gasteiger partial charge is 0.247 e. The van der Waals surface area contributed by atoms with Crippen LogP contribution in [0.5, 0.6) is 0 Å². The third-order valence-electron chi connectivity index (χ3n) is 5.15. The first kappa shape index (κ1) is 21.7. The number of H-pyrrole nitrogens is 1. The highest BCUT2D eigenvalue weighted by Crippen LogP contribution is 2.32. The van der Waals surface area contributed by atoms with Crippen LogP contribution < -0.4 is 10.0 Å². The Kier molecular flexibility index (Phi) is 5.57. The van der Waals surface area contributed by atoms with Gasteiger partial charge in [-0.1, -0.05) is 30.3 Å². The summed E-state index contributed by atoms with van der Waals surface area (Å²) in [5, 5.41) is 8.37. The molecular weight excluding hydrogens is 428 g/mol. The lowest BCUT2D eigenvalue weighted by atomic mass is 9.94. The van der Waals surface area contributed by atoms with E-state index in [4.69, 9.17) is 10.2 Å². The molecule has 0 aliphatic rings. The lowest BCUT2D eigenvalue weighted by molar-refractivity contribution is 0.355. The van der Waals surface area contributed by atoms with Crippen LogP contribution in [0, 0.1) is 0 Å². The van der Waals surface area contributed by atoms with E-state index in [0.29, 0.717) is 34.8 Å². The van der Waals surface area contributed by atoms with Gasteiger partial charge in [0.25, 0.3) is 0 Å². The van der Waals surface area contributed by atoms with Gasteiger partial charge in [-0.3, -0.25) is 4.31 Å². The molecule has 3 N–H and O–H groups in total. The zero-order valence-corrected chi connectivity index (χ0v) is 18.8. The molecule has 0 aliphatic carbocycles. The molecule has 166 valence electrons. The highest BCUT2D eigenvalue weighted by Gasteiger charge is 2.29. The Labute approximate surface area is 186 Å². The molecule has 0 bridgehead atoms. The van der Waals surface area contributed by atoms with Gasteiger partial charge in [-0.05, 0) is 37.1 Å². The summed E-state index contributed by atoms with van der Waals surface area (Å²) in [4.78, 5) is 7.17. The maximum Gasteiger partial charge on any atom is 0.247 e. The van der Waals surface area contributed by atoms with E-state index in [0.717, 1.165) is 11.8 Å². The van der Waals surface area contributed by atoms with Crippen molar-refractivity contribution < 1.29 is 12.8 Å². The highest BCUT2D eigenvalue weighted by molar-refractivity contribution is 7.92. The van der Waals surface area contributed by atoms with Crippen LogP contribution in [0.25, 0.3) is 22.7 Å².